The molecule has 0 aliphatic heterocycles. The summed E-state index contributed by atoms with van der Waals surface area (Å²) >= 11 is 0. The van der Waals surface area contributed by atoms with Gasteiger partial charge in [0, 0.05) is 7.05 Å². The van der Waals surface area contributed by atoms with Gasteiger partial charge < -0.3 is 14.6 Å². The van der Waals surface area contributed by atoms with E-state index in [4.69, 9.17) is 9.47 Å². The second-order valence-electron chi connectivity index (χ2n) is 8.94. The normalized spacial score (nSPS) is 11.8. The van der Waals surface area contributed by atoms with Crippen LogP contribution in [0.25, 0.3) is 5.57 Å². The van der Waals surface area contributed by atoms with Crippen molar-refractivity contribution >= 4 is 23.0 Å². The van der Waals surface area contributed by atoms with Gasteiger partial charge in [0.15, 0.2) is 0 Å². The largest absolute Gasteiger partial charge is 0.489 e. The van der Waals surface area contributed by atoms with Crippen molar-refractivity contribution in [2.24, 2.45) is 9.98 Å². The van der Waals surface area contributed by atoms with E-state index >= 15 is 0 Å². The molecule has 42 heavy (non-hydrogen) atoms. The summed E-state index contributed by atoms with van der Waals surface area (Å²) in [5.74, 6) is 1.22. The lowest BCUT2D eigenvalue weighted by Crippen LogP contribution is -2.12. The van der Waals surface area contributed by atoms with Crippen molar-refractivity contribution in [1.82, 2.24) is 0 Å². The summed E-state index contributed by atoms with van der Waals surface area (Å²) in [5.41, 5.74) is 4.61. The van der Waals surface area contributed by atoms with E-state index in [9.17, 15) is 9.90 Å². The fourth-order valence-corrected chi connectivity index (χ4v) is 4.00. The van der Waals surface area contributed by atoms with Crippen LogP contribution in [0.4, 0.5) is 0 Å². The third-order valence-electron chi connectivity index (χ3n) is 6.18. The molecule has 0 aromatic heterocycles. The number of allylic oxidation sites excluding steroid dienone is 1. The first-order valence-corrected chi connectivity index (χ1v) is 14.1. The Kier molecular flexibility index (Phi) is 12.8. The third kappa shape index (κ3) is 9.59. The molecule has 0 amide bonds. The van der Waals surface area contributed by atoms with Gasteiger partial charge >= 0.3 is 5.97 Å². The van der Waals surface area contributed by atoms with Crippen LogP contribution in [0.1, 0.15) is 43.9 Å². The van der Waals surface area contributed by atoms with Gasteiger partial charge in [0.05, 0.1) is 12.3 Å². The minimum Gasteiger partial charge on any atom is -0.489 e. The highest BCUT2D eigenvalue weighted by molar-refractivity contribution is 6.35. The molecular weight excluding hydrogens is 524 g/mol. The van der Waals surface area contributed by atoms with Crippen LogP contribution in [0, 0.1) is 0 Å². The molecular formula is C36H38N2O4. The third-order valence-corrected chi connectivity index (χ3v) is 6.18. The quantitative estimate of drug-likeness (QED) is 0.176. The Hall–Kier alpha value is -4.97. The van der Waals surface area contributed by atoms with E-state index in [0.29, 0.717) is 13.0 Å². The zero-order valence-corrected chi connectivity index (χ0v) is 24.7. The fraction of sp³-hybridized carbons (Fsp3) is 0.194. The van der Waals surface area contributed by atoms with Gasteiger partial charge in [-0.2, -0.15) is 0 Å². The number of hydrogen-bond donors (Lipinski definition) is 1. The SMILES string of the molecule is CC.CCC(=NC/C(=C\C(=NC)c1ccc(Oc2ccccc2)cc1)c1ccc(OCc2ccccc2)cc1)C(=O)O. The number of carbonyl (C=O) groups is 1. The first kappa shape index (κ1) is 31.6. The maximum atomic E-state index is 11.6. The zero-order valence-electron chi connectivity index (χ0n) is 24.7. The van der Waals surface area contributed by atoms with Gasteiger partial charge in [0.2, 0.25) is 0 Å². The van der Waals surface area contributed by atoms with Crippen LogP contribution in [-0.2, 0) is 11.4 Å². The molecule has 0 fully saturated rings. The predicted molar refractivity (Wildman–Crippen MR) is 172 cm³/mol. The predicted octanol–water partition coefficient (Wildman–Crippen LogP) is 8.52. The molecule has 6 nitrogen and oxygen atoms in total. The van der Waals surface area contributed by atoms with Gasteiger partial charge in [-0.3, -0.25) is 9.98 Å². The minimum atomic E-state index is -1.01. The van der Waals surface area contributed by atoms with Gasteiger partial charge in [-0.1, -0.05) is 81.4 Å². The Morgan fingerprint density at radius 2 is 1.31 bits per heavy atom. The maximum absolute atomic E-state index is 11.6. The molecule has 0 atom stereocenters. The molecule has 0 spiro atoms. The number of carboxylic acid groups (broad SMARTS) is 1. The molecule has 0 aliphatic rings. The summed E-state index contributed by atoms with van der Waals surface area (Å²) in [5, 5.41) is 9.48. The molecule has 4 rings (SSSR count). The monoisotopic (exact) mass is 562 g/mol. The summed E-state index contributed by atoms with van der Waals surface area (Å²) in [6, 6.07) is 35.0. The number of aliphatic carboxylic acids is 1. The Morgan fingerprint density at radius 3 is 1.88 bits per heavy atom. The fourth-order valence-electron chi connectivity index (χ4n) is 4.00. The molecule has 4 aromatic rings. The number of benzene rings is 4. The van der Waals surface area contributed by atoms with Crippen LogP contribution >= 0.6 is 0 Å². The van der Waals surface area contributed by atoms with Crippen LogP contribution in [0.5, 0.6) is 17.2 Å². The van der Waals surface area contributed by atoms with Crippen LogP contribution < -0.4 is 9.47 Å². The van der Waals surface area contributed by atoms with Crippen LogP contribution in [0.15, 0.2) is 125 Å². The molecule has 0 aliphatic carbocycles. The smallest absolute Gasteiger partial charge is 0.349 e. The first-order valence-electron chi connectivity index (χ1n) is 14.1. The van der Waals surface area contributed by atoms with Gasteiger partial charge in [0.25, 0.3) is 0 Å². The van der Waals surface area contributed by atoms with E-state index in [-0.39, 0.29) is 12.3 Å². The highest BCUT2D eigenvalue weighted by atomic mass is 16.5. The summed E-state index contributed by atoms with van der Waals surface area (Å²) in [7, 11) is 1.73. The van der Waals surface area contributed by atoms with Crippen molar-refractivity contribution in [3.63, 3.8) is 0 Å². The number of hydrogen-bond acceptors (Lipinski definition) is 5. The van der Waals surface area contributed by atoms with Crippen molar-refractivity contribution in [2.45, 2.75) is 33.8 Å². The van der Waals surface area contributed by atoms with E-state index in [1.807, 2.05) is 129 Å². The highest BCUT2D eigenvalue weighted by Crippen LogP contribution is 2.24. The van der Waals surface area contributed by atoms with E-state index in [0.717, 1.165) is 45.2 Å². The number of rotatable bonds is 12. The topological polar surface area (TPSA) is 80.5 Å². The van der Waals surface area contributed by atoms with Crippen LogP contribution in [-0.4, -0.2) is 36.1 Å². The van der Waals surface area contributed by atoms with Gasteiger partial charge in [-0.05, 0) is 83.3 Å². The summed E-state index contributed by atoms with van der Waals surface area (Å²) < 4.78 is 11.9. The van der Waals surface area contributed by atoms with Crippen molar-refractivity contribution in [1.29, 1.82) is 0 Å². The second-order valence-corrected chi connectivity index (χ2v) is 8.94. The number of ether oxygens (including phenoxy) is 2. The Morgan fingerprint density at radius 1 is 0.762 bits per heavy atom. The molecule has 216 valence electrons. The molecule has 0 saturated heterocycles. The average molecular weight is 563 g/mol. The van der Waals surface area contributed by atoms with Gasteiger partial charge in [0.1, 0.15) is 29.6 Å². The van der Waals surface area contributed by atoms with Crippen molar-refractivity contribution in [3.8, 4) is 17.2 Å². The van der Waals surface area contributed by atoms with E-state index in [2.05, 4.69) is 9.98 Å². The molecule has 0 heterocycles. The molecule has 1 N–H and O–H groups in total. The first-order chi connectivity index (χ1) is 20.6. The Balaban J connectivity index is 0.00000237. The molecule has 0 radical (unpaired) electrons. The van der Waals surface area contributed by atoms with Crippen LogP contribution in [0.2, 0.25) is 0 Å². The van der Waals surface area contributed by atoms with Gasteiger partial charge in [-0.25, -0.2) is 4.79 Å². The summed E-state index contributed by atoms with van der Waals surface area (Å²) in [6.07, 6.45) is 2.29. The summed E-state index contributed by atoms with van der Waals surface area (Å²) in [6.45, 7) is 6.46. The van der Waals surface area contributed by atoms with E-state index in [1.165, 1.54) is 0 Å². The Bertz CT molecular complexity index is 1480. The molecule has 4 aromatic carbocycles. The van der Waals surface area contributed by atoms with Gasteiger partial charge in [-0.15, -0.1) is 0 Å². The molecule has 0 bridgehead atoms. The number of carboxylic acids is 1. The number of aliphatic imine (C=N–C) groups is 2. The lowest BCUT2D eigenvalue weighted by molar-refractivity contribution is -0.129. The van der Waals surface area contributed by atoms with Crippen LogP contribution in [0.3, 0.4) is 0 Å². The zero-order chi connectivity index (χ0) is 30.2. The summed E-state index contributed by atoms with van der Waals surface area (Å²) in [4.78, 5) is 20.5. The number of nitrogens with zero attached hydrogens (tertiary/aromatic N) is 2. The molecule has 6 heteroatoms. The van der Waals surface area contributed by atoms with E-state index < -0.39 is 5.97 Å². The molecule has 0 unspecified atom stereocenters. The van der Waals surface area contributed by atoms with Crippen molar-refractivity contribution in [3.05, 3.63) is 132 Å². The lowest BCUT2D eigenvalue weighted by Gasteiger charge is -2.11. The van der Waals surface area contributed by atoms with Crippen molar-refractivity contribution < 1.29 is 19.4 Å². The van der Waals surface area contributed by atoms with Crippen molar-refractivity contribution in [2.75, 3.05) is 13.6 Å². The average Bonchev–Trinajstić information content (AvgIpc) is 3.04. The van der Waals surface area contributed by atoms with E-state index in [1.54, 1.807) is 14.0 Å². The Labute approximate surface area is 248 Å². The maximum Gasteiger partial charge on any atom is 0.349 e. The standard InChI is InChI=1S/C34H32N2O4.C2H6/c1-3-32(34(37)38)36-23-28(26-14-18-29(19-15-26)39-24-25-10-6-4-7-11-25)22-33(35-2)27-16-20-31(21-17-27)40-30-12-8-5-9-13-30;1-2/h4-22H,3,23-24H2,1-2H3,(H,37,38);1-2H3/b28-22+,35-33?,36-32?;. The minimum absolute atomic E-state index is 0.131. The highest BCUT2D eigenvalue weighted by Gasteiger charge is 2.10. The number of para-hydroxylation sites is 1. The molecule has 0 saturated carbocycles. The lowest BCUT2D eigenvalue weighted by atomic mass is 10.0. The second kappa shape index (κ2) is 17.0.